The Bertz CT molecular complexity index is 566. The topological polar surface area (TPSA) is 24.3 Å². The maximum absolute atomic E-state index is 4.29. The lowest BCUT2D eigenvalue weighted by atomic mass is 9.96. The number of likely N-dealkylation sites (tertiary alicyclic amines) is 1. The molecule has 23 heavy (non-hydrogen) atoms. The van der Waals surface area contributed by atoms with Crippen molar-refractivity contribution in [3.63, 3.8) is 0 Å². The predicted octanol–water partition coefficient (Wildman–Crippen LogP) is 2.87. The Morgan fingerprint density at radius 3 is 2.74 bits per heavy atom. The highest BCUT2D eigenvalue weighted by atomic mass is 15.3. The summed E-state index contributed by atoms with van der Waals surface area (Å²) < 4.78 is 2.02. The zero-order valence-electron chi connectivity index (χ0n) is 14.3. The number of nitrogens with zero attached hydrogens (tertiary/aromatic N) is 4. The molecule has 0 radical (unpaired) electrons. The largest absolute Gasteiger partial charge is 0.301 e. The van der Waals surface area contributed by atoms with E-state index >= 15 is 0 Å². The smallest absolute Gasteiger partial charge is 0.0536 e. The van der Waals surface area contributed by atoms with E-state index in [1.54, 1.807) is 0 Å². The number of likely N-dealkylation sites (N-methyl/N-ethyl adjacent to an activating group) is 1. The molecule has 0 spiro atoms. The van der Waals surface area contributed by atoms with E-state index in [2.05, 4.69) is 59.2 Å². The Labute approximate surface area is 139 Å². The van der Waals surface area contributed by atoms with Crippen molar-refractivity contribution in [3.8, 4) is 0 Å². The van der Waals surface area contributed by atoms with Crippen LogP contribution in [0, 0.1) is 0 Å². The second-order valence-corrected chi connectivity index (χ2v) is 6.73. The third-order valence-corrected chi connectivity index (χ3v) is 5.08. The predicted molar refractivity (Wildman–Crippen MR) is 94.2 cm³/mol. The van der Waals surface area contributed by atoms with Gasteiger partial charge in [0.05, 0.1) is 6.54 Å². The highest BCUT2D eigenvalue weighted by Crippen LogP contribution is 2.22. The van der Waals surface area contributed by atoms with Gasteiger partial charge in [-0.15, -0.1) is 0 Å². The van der Waals surface area contributed by atoms with Crippen molar-refractivity contribution in [3.05, 3.63) is 54.4 Å². The first-order valence-corrected chi connectivity index (χ1v) is 8.68. The standard InChI is InChI=1S/C19H28N4/c1-17-15-19(21(2)13-14-23-11-6-10-20-23)9-12-22(17)16-18-7-4-3-5-8-18/h3-8,10-11,17,19H,9,12-16H2,1-2H3/t17-,19-/m1/s1. The molecular weight excluding hydrogens is 284 g/mol. The fraction of sp³-hybridized carbons (Fsp3) is 0.526. The van der Waals surface area contributed by atoms with E-state index in [9.17, 15) is 0 Å². The van der Waals surface area contributed by atoms with Crippen LogP contribution in [-0.4, -0.2) is 51.8 Å². The quantitative estimate of drug-likeness (QED) is 0.820. The summed E-state index contributed by atoms with van der Waals surface area (Å²) in [5, 5.41) is 4.29. The summed E-state index contributed by atoms with van der Waals surface area (Å²) in [6.07, 6.45) is 6.40. The van der Waals surface area contributed by atoms with Crippen LogP contribution in [0.3, 0.4) is 0 Å². The molecule has 1 aromatic heterocycles. The van der Waals surface area contributed by atoms with Crippen LogP contribution in [0.1, 0.15) is 25.3 Å². The van der Waals surface area contributed by atoms with Crippen LogP contribution in [0.15, 0.2) is 48.8 Å². The third-order valence-electron chi connectivity index (χ3n) is 5.08. The molecule has 1 aliphatic rings. The highest BCUT2D eigenvalue weighted by molar-refractivity contribution is 5.14. The molecule has 3 rings (SSSR count). The first kappa shape index (κ1) is 16.2. The van der Waals surface area contributed by atoms with Crippen LogP contribution in [0.5, 0.6) is 0 Å². The fourth-order valence-corrected chi connectivity index (χ4v) is 3.52. The van der Waals surface area contributed by atoms with Crippen molar-refractivity contribution < 1.29 is 0 Å². The molecular formula is C19H28N4. The van der Waals surface area contributed by atoms with Crippen molar-refractivity contribution in [2.45, 2.75) is 44.9 Å². The molecule has 2 heterocycles. The summed E-state index contributed by atoms with van der Waals surface area (Å²) in [5.74, 6) is 0. The normalized spacial score (nSPS) is 22.6. The van der Waals surface area contributed by atoms with Gasteiger partial charge in [-0.1, -0.05) is 30.3 Å². The second-order valence-electron chi connectivity index (χ2n) is 6.73. The van der Waals surface area contributed by atoms with Gasteiger partial charge < -0.3 is 4.90 Å². The molecule has 2 atom stereocenters. The van der Waals surface area contributed by atoms with Crippen molar-refractivity contribution in [2.24, 2.45) is 0 Å². The van der Waals surface area contributed by atoms with Crippen LogP contribution >= 0.6 is 0 Å². The van der Waals surface area contributed by atoms with E-state index < -0.39 is 0 Å². The number of rotatable bonds is 6. The maximum Gasteiger partial charge on any atom is 0.0536 e. The SMILES string of the molecule is C[C@@H]1C[C@H](N(C)CCn2cccn2)CCN1Cc1ccccc1. The molecule has 0 amide bonds. The number of hydrogen-bond donors (Lipinski definition) is 0. The van der Waals surface area contributed by atoms with Gasteiger partial charge in [-0.25, -0.2) is 0 Å². The molecule has 124 valence electrons. The molecule has 0 aliphatic carbocycles. The van der Waals surface area contributed by atoms with Crippen LogP contribution in [0.2, 0.25) is 0 Å². The lowest BCUT2D eigenvalue weighted by Crippen LogP contribution is -2.48. The molecule has 0 bridgehead atoms. The molecule has 0 saturated carbocycles. The van der Waals surface area contributed by atoms with Gasteiger partial charge in [-0.05, 0) is 38.4 Å². The van der Waals surface area contributed by atoms with Crippen LogP contribution in [-0.2, 0) is 13.1 Å². The lowest BCUT2D eigenvalue weighted by molar-refractivity contribution is 0.0784. The fourth-order valence-electron chi connectivity index (χ4n) is 3.52. The van der Waals surface area contributed by atoms with Gasteiger partial charge in [0.25, 0.3) is 0 Å². The summed E-state index contributed by atoms with van der Waals surface area (Å²) in [7, 11) is 2.26. The molecule has 4 nitrogen and oxygen atoms in total. The van der Waals surface area contributed by atoms with E-state index in [4.69, 9.17) is 0 Å². The van der Waals surface area contributed by atoms with E-state index in [-0.39, 0.29) is 0 Å². The number of piperidine rings is 1. The van der Waals surface area contributed by atoms with Gasteiger partial charge in [-0.3, -0.25) is 9.58 Å². The summed E-state index contributed by atoms with van der Waals surface area (Å²) in [6.45, 7) is 6.68. The minimum absolute atomic E-state index is 0.640. The van der Waals surface area contributed by atoms with Gasteiger partial charge in [-0.2, -0.15) is 5.10 Å². The van der Waals surface area contributed by atoms with Gasteiger partial charge in [0.15, 0.2) is 0 Å². The average molecular weight is 312 g/mol. The highest BCUT2D eigenvalue weighted by Gasteiger charge is 2.27. The van der Waals surface area contributed by atoms with Crippen LogP contribution in [0.4, 0.5) is 0 Å². The van der Waals surface area contributed by atoms with Gasteiger partial charge >= 0.3 is 0 Å². The zero-order chi connectivity index (χ0) is 16.1. The Balaban J connectivity index is 1.47. The van der Waals surface area contributed by atoms with Crippen molar-refractivity contribution in [1.82, 2.24) is 19.6 Å². The van der Waals surface area contributed by atoms with E-state index in [1.165, 1.54) is 24.9 Å². The van der Waals surface area contributed by atoms with Crippen molar-refractivity contribution in [2.75, 3.05) is 20.1 Å². The number of benzene rings is 1. The monoisotopic (exact) mass is 312 g/mol. The molecule has 2 aromatic rings. The van der Waals surface area contributed by atoms with Crippen molar-refractivity contribution in [1.29, 1.82) is 0 Å². The zero-order valence-corrected chi connectivity index (χ0v) is 14.3. The third kappa shape index (κ3) is 4.43. The molecule has 1 aliphatic heterocycles. The van der Waals surface area contributed by atoms with E-state index in [0.29, 0.717) is 12.1 Å². The van der Waals surface area contributed by atoms with Crippen LogP contribution in [0.25, 0.3) is 0 Å². The number of hydrogen-bond acceptors (Lipinski definition) is 3. The minimum atomic E-state index is 0.640. The summed E-state index contributed by atoms with van der Waals surface area (Å²) in [6, 6.07) is 14.1. The molecule has 4 heteroatoms. The molecule has 0 N–H and O–H groups in total. The average Bonchev–Trinajstić information content (AvgIpc) is 3.09. The molecule has 1 aromatic carbocycles. The Kier molecular flexibility index (Phi) is 5.47. The number of aromatic nitrogens is 2. The van der Waals surface area contributed by atoms with E-state index in [1.807, 2.05) is 23.1 Å². The maximum atomic E-state index is 4.29. The van der Waals surface area contributed by atoms with Gasteiger partial charge in [0.2, 0.25) is 0 Å². The summed E-state index contributed by atoms with van der Waals surface area (Å²) >= 11 is 0. The molecule has 1 saturated heterocycles. The Morgan fingerprint density at radius 1 is 1.22 bits per heavy atom. The summed E-state index contributed by atoms with van der Waals surface area (Å²) in [5.41, 5.74) is 1.42. The second kappa shape index (κ2) is 7.75. The summed E-state index contributed by atoms with van der Waals surface area (Å²) in [4.78, 5) is 5.13. The van der Waals surface area contributed by atoms with Gasteiger partial charge in [0, 0.05) is 44.1 Å². The first-order chi connectivity index (χ1) is 11.2. The Morgan fingerprint density at radius 2 is 2.04 bits per heavy atom. The van der Waals surface area contributed by atoms with E-state index in [0.717, 1.165) is 19.6 Å². The molecule has 1 fully saturated rings. The first-order valence-electron chi connectivity index (χ1n) is 8.68. The van der Waals surface area contributed by atoms with Crippen molar-refractivity contribution >= 4 is 0 Å². The van der Waals surface area contributed by atoms with Gasteiger partial charge in [0.1, 0.15) is 0 Å². The molecule has 0 unspecified atom stereocenters. The van der Waals surface area contributed by atoms with Crippen LogP contribution < -0.4 is 0 Å². The minimum Gasteiger partial charge on any atom is -0.301 e. The Hall–Kier alpha value is -1.65. The lowest BCUT2D eigenvalue weighted by Gasteiger charge is -2.41.